The molecule has 24 heavy (non-hydrogen) atoms. The lowest BCUT2D eigenvalue weighted by Gasteiger charge is -2.39. The van der Waals surface area contributed by atoms with Crippen molar-refractivity contribution in [2.24, 2.45) is 11.8 Å². The molecule has 0 radical (unpaired) electrons. The molecule has 2 saturated heterocycles. The molecule has 2 aliphatic heterocycles. The van der Waals surface area contributed by atoms with Gasteiger partial charge < -0.3 is 15.0 Å². The third-order valence-corrected chi connectivity index (χ3v) is 6.10. The lowest BCUT2D eigenvalue weighted by atomic mass is 9.92. The maximum Gasteiger partial charge on any atom is 0.279 e. The van der Waals surface area contributed by atoms with E-state index in [1.807, 2.05) is 0 Å². The first-order chi connectivity index (χ1) is 11.2. The minimum Gasteiger partial charge on any atom is -0.384 e. The van der Waals surface area contributed by atoms with Gasteiger partial charge in [-0.3, -0.25) is 9.59 Å². The molecule has 9 nitrogen and oxygen atoms in total. The maximum atomic E-state index is 12.5. The summed E-state index contributed by atoms with van der Waals surface area (Å²) in [4.78, 5) is 25.6. The monoisotopic (exact) mass is 362 g/mol. The molecule has 0 aromatic rings. The van der Waals surface area contributed by atoms with E-state index in [1.54, 1.807) is 12.0 Å². The number of nitrogens with zero attached hydrogens (tertiary/aromatic N) is 2. The van der Waals surface area contributed by atoms with Gasteiger partial charge in [0.1, 0.15) is 0 Å². The molecule has 10 heteroatoms. The molecule has 2 heterocycles. The molecular weight excluding hydrogens is 336 g/mol. The molecule has 2 amide bonds. The molecule has 3 atom stereocenters. The minimum absolute atomic E-state index is 0.0524. The SMILES string of the molecule is COCC1CN(C(=O)C2CNC(=O)C2)CCC1NS(=O)(=O)N(C)C. The quantitative estimate of drug-likeness (QED) is 0.591. The number of piperidine rings is 1. The number of methoxy groups -OCH3 is 1. The van der Waals surface area contributed by atoms with Gasteiger partial charge in [0.25, 0.3) is 10.2 Å². The Morgan fingerprint density at radius 1 is 1.46 bits per heavy atom. The van der Waals surface area contributed by atoms with E-state index in [9.17, 15) is 18.0 Å². The number of hydrogen-bond donors (Lipinski definition) is 2. The Morgan fingerprint density at radius 2 is 2.17 bits per heavy atom. The molecule has 0 bridgehead atoms. The van der Waals surface area contributed by atoms with E-state index in [0.717, 1.165) is 4.31 Å². The second kappa shape index (κ2) is 7.77. The van der Waals surface area contributed by atoms with Gasteiger partial charge in [-0.15, -0.1) is 0 Å². The zero-order chi connectivity index (χ0) is 17.9. The summed E-state index contributed by atoms with van der Waals surface area (Å²) in [7, 11) is 0.951. The van der Waals surface area contributed by atoms with Gasteiger partial charge in [-0.2, -0.15) is 17.4 Å². The molecule has 2 rings (SSSR count). The molecule has 0 aliphatic carbocycles. The molecular formula is C14H26N4O5S. The fraction of sp³-hybridized carbons (Fsp3) is 0.857. The normalized spacial score (nSPS) is 28.2. The number of rotatable bonds is 6. The topological polar surface area (TPSA) is 108 Å². The second-order valence-corrected chi connectivity index (χ2v) is 8.42. The van der Waals surface area contributed by atoms with Crippen molar-refractivity contribution in [2.75, 3.05) is 47.4 Å². The van der Waals surface area contributed by atoms with Crippen molar-refractivity contribution in [3.05, 3.63) is 0 Å². The van der Waals surface area contributed by atoms with Crippen LogP contribution in [0.15, 0.2) is 0 Å². The summed E-state index contributed by atoms with van der Waals surface area (Å²) in [6.45, 7) is 1.61. The molecule has 2 N–H and O–H groups in total. The van der Waals surface area contributed by atoms with E-state index >= 15 is 0 Å². The van der Waals surface area contributed by atoms with Crippen LogP contribution in [0.5, 0.6) is 0 Å². The summed E-state index contributed by atoms with van der Waals surface area (Å²) >= 11 is 0. The Balaban J connectivity index is 2.02. The van der Waals surface area contributed by atoms with Crippen LogP contribution in [0.3, 0.4) is 0 Å². The van der Waals surface area contributed by atoms with Crippen LogP contribution in [0.25, 0.3) is 0 Å². The van der Waals surface area contributed by atoms with Crippen molar-refractivity contribution in [3.63, 3.8) is 0 Å². The van der Waals surface area contributed by atoms with Gasteiger partial charge in [-0.25, -0.2) is 0 Å². The van der Waals surface area contributed by atoms with E-state index in [-0.39, 0.29) is 36.1 Å². The third-order valence-electron chi connectivity index (χ3n) is 4.53. The Bertz CT molecular complexity index is 580. The highest BCUT2D eigenvalue weighted by atomic mass is 32.2. The summed E-state index contributed by atoms with van der Waals surface area (Å²) in [5, 5.41) is 2.67. The van der Waals surface area contributed by atoms with Crippen LogP contribution < -0.4 is 10.0 Å². The number of likely N-dealkylation sites (tertiary alicyclic amines) is 1. The highest BCUT2D eigenvalue weighted by molar-refractivity contribution is 7.87. The average molecular weight is 362 g/mol. The number of carbonyl (C=O) groups excluding carboxylic acids is 2. The number of ether oxygens (including phenoxy) is 1. The molecule has 0 aromatic heterocycles. The first-order valence-corrected chi connectivity index (χ1v) is 9.42. The van der Waals surface area contributed by atoms with Crippen LogP contribution in [0.1, 0.15) is 12.8 Å². The van der Waals surface area contributed by atoms with Crippen molar-refractivity contribution in [2.45, 2.75) is 18.9 Å². The zero-order valence-electron chi connectivity index (χ0n) is 14.3. The lowest BCUT2D eigenvalue weighted by molar-refractivity contribution is -0.138. The highest BCUT2D eigenvalue weighted by Gasteiger charge is 2.38. The fourth-order valence-electron chi connectivity index (χ4n) is 3.11. The predicted molar refractivity (Wildman–Crippen MR) is 87.2 cm³/mol. The van der Waals surface area contributed by atoms with Crippen LogP contribution in [-0.2, 0) is 24.5 Å². The van der Waals surface area contributed by atoms with E-state index in [1.165, 1.54) is 14.1 Å². The largest absolute Gasteiger partial charge is 0.384 e. The van der Waals surface area contributed by atoms with Crippen LogP contribution >= 0.6 is 0 Å². The summed E-state index contributed by atoms with van der Waals surface area (Å²) in [6, 6.07) is -0.287. The Kier molecular flexibility index (Phi) is 6.18. The van der Waals surface area contributed by atoms with Gasteiger partial charge in [0, 0.05) is 59.2 Å². The first-order valence-electron chi connectivity index (χ1n) is 7.98. The van der Waals surface area contributed by atoms with E-state index in [4.69, 9.17) is 4.74 Å². The number of amides is 2. The summed E-state index contributed by atoms with van der Waals surface area (Å²) < 4.78 is 33.1. The van der Waals surface area contributed by atoms with Gasteiger partial charge in [-0.05, 0) is 6.42 Å². The van der Waals surface area contributed by atoms with Crippen molar-refractivity contribution >= 4 is 22.0 Å². The molecule has 2 aliphatic rings. The molecule has 3 unspecified atom stereocenters. The van der Waals surface area contributed by atoms with E-state index < -0.39 is 10.2 Å². The van der Waals surface area contributed by atoms with Crippen LogP contribution in [-0.4, -0.2) is 82.9 Å². The summed E-state index contributed by atoms with van der Waals surface area (Å²) in [5.74, 6) is -0.609. The number of hydrogen-bond acceptors (Lipinski definition) is 5. The molecule has 0 saturated carbocycles. The summed E-state index contributed by atoms with van der Waals surface area (Å²) in [5.41, 5.74) is 0. The van der Waals surface area contributed by atoms with Crippen LogP contribution in [0.4, 0.5) is 0 Å². The second-order valence-electron chi connectivity index (χ2n) is 6.51. The zero-order valence-corrected chi connectivity index (χ0v) is 15.1. The minimum atomic E-state index is -3.54. The predicted octanol–water partition coefficient (Wildman–Crippen LogP) is -1.62. The number of carbonyl (C=O) groups is 2. The Morgan fingerprint density at radius 3 is 2.71 bits per heavy atom. The highest BCUT2D eigenvalue weighted by Crippen LogP contribution is 2.22. The fourth-order valence-corrected chi connectivity index (χ4v) is 4.01. The van der Waals surface area contributed by atoms with E-state index in [0.29, 0.717) is 32.7 Å². The third kappa shape index (κ3) is 4.44. The standard InChI is InChI=1S/C14H26N4O5S/c1-17(2)24(21,22)16-12-4-5-18(8-11(12)9-23-3)14(20)10-6-13(19)15-7-10/h10-12,16H,4-9H2,1-3H3,(H,15,19). The van der Waals surface area contributed by atoms with Crippen molar-refractivity contribution in [3.8, 4) is 0 Å². The van der Waals surface area contributed by atoms with Crippen LogP contribution in [0.2, 0.25) is 0 Å². The number of nitrogens with one attached hydrogen (secondary N) is 2. The first kappa shape index (κ1) is 19.1. The van der Waals surface area contributed by atoms with E-state index in [2.05, 4.69) is 10.0 Å². The van der Waals surface area contributed by atoms with Crippen molar-refractivity contribution in [1.82, 2.24) is 19.2 Å². The van der Waals surface area contributed by atoms with Crippen LogP contribution in [0, 0.1) is 11.8 Å². The summed E-state index contributed by atoms with van der Waals surface area (Å²) in [6.07, 6.45) is 0.738. The smallest absolute Gasteiger partial charge is 0.279 e. The van der Waals surface area contributed by atoms with Gasteiger partial charge >= 0.3 is 0 Å². The van der Waals surface area contributed by atoms with Gasteiger partial charge in [0.15, 0.2) is 0 Å². The van der Waals surface area contributed by atoms with Crippen molar-refractivity contribution < 1.29 is 22.7 Å². The van der Waals surface area contributed by atoms with Gasteiger partial charge in [-0.1, -0.05) is 0 Å². The lowest BCUT2D eigenvalue weighted by Crippen LogP contribution is -2.56. The maximum absolute atomic E-state index is 12.5. The molecule has 2 fully saturated rings. The van der Waals surface area contributed by atoms with Crippen molar-refractivity contribution in [1.29, 1.82) is 0 Å². The Hall–Kier alpha value is -1.23. The average Bonchev–Trinajstić information content (AvgIpc) is 2.94. The van der Waals surface area contributed by atoms with Gasteiger partial charge in [0.2, 0.25) is 11.8 Å². The molecule has 138 valence electrons. The van der Waals surface area contributed by atoms with Gasteiger partial charge in [0.05, 0.1) is 12.5 Å². The Labute approximate surface area is 142 Å². The molecule has 0 spiro atoms. The molecule has 0 aromatic carbocycles.